The molecule has 1 unspecified atom stereocenters. The standard InChI is InChI=1S/C33H33N3O4/c1-22-14-28(35-18-27-12-7-13-29(23(27)2)26-10-4-3-5-11-26)16-32(30(22)19-36-31(20-37)33(38)39)40-21-25-9-6-8-24(15-25)17-34/h3-16,31,35-37H,18-21H2,1-2H3,(H,38,39). The van der Waals surface area contributed by atoms with E-state index in [9.17, 15) is 20.3 Å². The van der Waals surface area contributed by atoms with Crippen LogP contribution in [0.2, 0.25) is 0 Å². The number of carboxylic acid groups (broad SMARTS) is 1. The first-order valence-corrected chi connectivity index (χ1v) is 13.1. The molecule has 4 N–H and O–H groups in total. The van der Waals surface area contributed by atoms with E-state index in [2.05, 4.69) is 54.0 Å². The summed E-state index contributed by atoms with van der Waals surface area (Å²) in [4.78, 5) is 11.4. The van der Waals surface area contributed by atoms with Gasteiger partial charge in [0, 0.05) is 30.4 Å². The summed E-state index contributed by atoms with van der Waals surface area (Å²) in [5.74, 6) is -0.531. The lowest BCUT2D eigenvalue weighted by Gasteiger charge is -2.20. The predicted octanol–water partition coefficient (Wildman–Crippen LogP) is 5.57. The number of anilines is 1. The second kappa shape index (κ2) is 13.4. The van der Waals surface area contributed by atoms with Crippen molar-refractivity contribution >= 4 is 11.7 Å². The van der Waals surface area contributed by atoms with Crippen LogP contribution in [0.1, 0.15) is 33.4 Å². The molecule has 204 valence electrons. The third kappa shape index (κ3) is 7.06. The van der Waals surface area contributed by atoms with Gasteiger partial charge in [-0.1, -0.05) is 60.7 Å². The maximum atomic E-state index is 11.4. The fraction of sp³-hybridized carbons (Fsp3) is 0.212. The van der Waals surface area contributed by atoms with Gasteiger partial charge in [0.05, 0.1) is 18.2 Å². The van der Waals surface area contributed by atoms with Crippen molar-refractivity contribution in [2.75, 3.05) is 11.9 Å². The van der Waals surface area contributed by atoms with Crippen LogP contribution in [0.4, 0.5) is 5.69 Å². The van der Waals surface area contributed by atoms with E-state index in [4.69, 9.17) is 4.74 Å². The van der Waals surface area contributed by atoms with Gasteiger partial charge in [-0.05, 0) is 65.4 Å². The molecule has 0 amide bonds. The summed E-state index contributed by atoms with van der Waals surface area (Å²) in [5, 5.41) is 34.4. The maximum absolute atomic E-state index is 11.4. The summed E-state index contributed by atoms with van der Waals surface area (Å²) in [5.41, 5.74) is 8.72. The van der Waals surface area contributed by atoms with Crippen molar-refractivity contribution < 1.29 is 19.7 Å². The van der Waals surface area contributed by atoms with Crippen molar-refractivity contribution in [2.45, 2.75) is 39.6 Å². The molecule has 40 heavy (non-hydrogen) atoms. The van der Waals surface area contributed by atoms with E-state index in [1.165, 1.54) is 22.3 Å². The number of ether oxygens (including phenoxy) is 1. The van der Waals surface area contributed by atoms with Crippen molar-refractivity contribution in [3.05, 3.63) is 118 Å². The minimum atomic E-state index is -1.12. The lowest BCUT2D eigenvalue weighted by molar-refractivity contribution is -0.140. The highest BCUT2D eigenvalue weighted by molar-refractivity contribution is 5.73. The van der Waals surface area contributed by atoms with E-state index in [0.29, 0.717) is 17.9 Å². The number of nitriles is 1. The number of aliphatic hydroxyl groups excluding tert-OH is 1. The zero-order chi connectivity index (χ0) is 28.5. The third-order valence-corrected chi connectivity index (χ3v) is 6.90. The SMILES string of the molecule is Cc1cc(NCc2cccc(-c3ccccc3)c2C)cc(OCc2cccc(C#N)c2)c1CNC(CO)C(=O)O. The largest absolute Gasteiger partial charge is 0.488 e. The molecule has 4 aromatic rings. The molecular weight excluding hydrogens is 502 g/mol. The Morgan fingerprint density at radius 1 is 0.975 bits per heavy atom. The first kappa shape index (κ1) is 28.4. The Morgan fingerprint density at radius 2 is 1.75 bits per heavy atom. The highest BCUT2D eigenvalue weighted by Crippen LogP contribution is 2.30. The zero-order valence-corrected chi connectivity index (χ0v) is 22.6. The zero-order valence-electron chi connectivity index (χ0n) is 22.6. The Morgan fingerprint density at radius 3 is 2.48 bits per heavy atom. The van der Waals surface area contributed by atoms with Crippen LogP contribution in [0, 0.1) is 25.2 Å². The Balaban J connectivity index is 1.58. The third-order valence-electron chi connectivity index (χ3n) is 6.90. The molecule has 0 aliphatic rings. The number of rotatable bonds is 12. The Hall–Kier alpha value is -4.64. The van der Waals surface area contributed by atoms with Crippen LogP contribution >= 0.6 is 0 Å². The van der Waals surface area contributed by atoms with Gasteiger partial charge >= 0.3 is 5.97 Å². The molecule has 0 aliphatic carbocycles. The number of aryl methyl sites for hydroxylation is 1. The molecular formula is C33H33N3O4. The van der Waals surface area contributed by atoms with Crippen molar-refractivity contribution in [1.29, 1.82) is 5.26 Å². The molecule has 7 heteroatoms. The molecule has 7 nitrogen and oxygen atoms in total. The lowest BCUT2D eigenvalue weighted by Crippen LogP contribution is -2.39. The number of hydrogen-bond acceptors (Lipinski definition) is 6. The molecule has 0 bridgehead atoms. The molecule has 1 atom stereocenters. The fourth-order valence-corrected chi connectivity index (χ4v) is 4.59. The Labute approximate surface area is 234 Å². The summed E-state index contributed by atoms with van der Waals surface area (Å²) >= 11 is 0. The van der Waals surface area contributed by atoms with Gasteiger partial charge in [0.15, 0.2) is 0 Å². The number of aliphatic hydroxyl groups is 1. The van der Waals surface area contributed by atoms with Crippen LogP contribution in [0.15, 0.2) is 84.9 Å². The Kier molecular flexibility index (Phi) is 9.53. The average Bonchev–Trinajstić information content (AvgIpc) is 2.97. The quantitative estimate of drug-likeness (QED) is 0.188. The van der Waals surface area contributed by atoms with Crippen LogP contribution in [0.3, 0.4) is 0 Å². The number of carboxylic acids is 1. The Bertz CT molecular complexity index is 1510. The van der Waals surface area contributed by atoms with Crippen LogP contribution < -0.4 is 15.4 Å². The van der Waals surface area contributed by atoms with E-state index in [-0.39, 0.29) is 13.2 Å². The second-order valence-electron chi connectivity index (χ2n) is 9.63. The van der Waals surface area contributed by atoms with Gasteiger partial charge in [0.2, 0.25) is 0 Å². The first-order valence-electron chi connectivity index (χ1n) is 13.1. The van der Waals surface area contributed by atoms with Gasteiger partial charge in [-0.15, -0.1) is 0 Å². The van der Waals surface area contributed by atoms with E-state index in [1.54, 1.807) is 12.1 Å². The number of hydrogen-bond donors (Lipinski definition) is 4. The lowest BCUT2D eigenvalue weighted by atomic mass is 9.96. The number of nitrogens with one attached hydrogen (secondary N) is 2. The van der Waals surface area contributed by atoms with Gasteiger partial charge in [0.1, 0.15) is 18.4 Å². The van der Waals surface area contributed by atoms with Gasteiger partial charge in [-0.2, -0.15) is 5.26 Å². The number of carbonyl (C=O) groups is 1. The van der Waals surface area contributed by atoms with Crippen LogP contribution in [-0.2, 0) is 24.5 Å². The molecule has 0 saturated carbocycles. The topological polar surface area (TPSA) is 115 Å². The van der Waals surface area contributed by atoms with Gasteiger partial charge in [0.25, 0.3) is 0 Å². The van der Waals surface area contributed by atoms with E-state index >= 15 is 0 Å². The molecule has 4 rings (SSSR count). The van der Waals surface area contributed by atoms with Gasteiger partial charge in [-0.25, -0.2) is 0 Å². The van der Waals surface area contributed by atoms with Crippen LogP contribution in [-0.4, -0.2) is 28.8 Å². The fourth-order valence-electron chi connectivity index (χ4n) is 4.59. The van der Waals surface area contributed by atoms with E-state index in [1.807, 2.05) is 49.4 Å². The molecule has 0 saturated heterocycles. The van der Waals surface area contributed by atoms with Crippen LogP contribution in [0.25, 0.3) is 11.1 Å². The van der Waals surface area contributed by atoms with E-state index in [0.717, 1.165) is 22.4 Å². The monoisotopic (exact) mass is 535 g/mol. The number of nitrogens with zero attached hydrogens (tertiary/aromatic N) is 1. The molecule has 0 aromatic heterocycles. The van der Waals surface area contributed by atoms with Gasteiger partial charge < -0.3 is 20.3 Å². The molecule has 0 spiro atoms. The van der Waals surface area contributed by atoms with Crippen molar-refractivity contribution in [2.24, 2.45) is 0 Å². The molecule has 0 radical (unpaired) electrons. The second-order valence-corrected chi connectivity index (χ2v) is 9.63. The summed E-state index contributed by atoms with van der Waals surface area (Å²) < 4.78 is 6.22. The normalized spacial score (nSPS) is 11.4. The van der Waals surface area contributed by atoms with E-state index < -0.39 is 18.6 Å². The van der Waals surface area contributed by atoms with Crippen LogP contribution in [0.5, 0.6) is 5.75 Å². The summed E-state index contributed by atoms with van der Waals surface area (Å²) in [6, 6.07) is 28.8. The molecule has 4 aromatic carbocycles. The predicted molar refractivity (Wildman–Crippen MR) is 156 cm³/mol. The molecule has 0 aliphatic heterocycles. The minimum absolute atomic E-state index is 0.204. The maximum Gasteiger partial charge on any atom is 0.323 e. The number of aliphatic carboxylic acids is 1. The average molecular weight is 536 g/mol. The summed E-state index contributed by atoms with van der Waals surface area (Å²) in [6.07, 6.45) is 0. The molecule has 0 fully saturated rings. The summed E-state index contributed by atoms with van der Waals surface area (Å²) in [7, 11) is 0. The highest BCUT2D eigenvalue weighted by atomic mass is 16.5. The molecule has 0 heterocycles. The summed E-state index contributed by atoms with van der Waals surface area (Å²) in [6.45, 7) is 4.61. The van der Waals surface area contributed by atoms with Gasteiger partial charge in [-0.3, -0.25) is 10.1 Å². The number of benzene rings is 4. The van der Waals surface area contributed by atoms with Crippen molar-refractivity contribution in [3.63, 3.8) is 0 Å². The smallest absolute Gasteiger partial charge is 0.323 e. The minimum Gasteiger partial charge on any atom is -0.488 e. The van der Waals surface area contributed by atoms with Crippen molar-refractivity contribution in [3.8, 4) is 22.9 Å². The first-order chi connectivity index (χ1) is 19.4. The highest BCUT2D eigenvalue weighted by Gasteiger charge is 2.18. The van der Waals surface area contributed by atoms with Crippen molar-refractivity contribution in [1.82, 2.24) is 5.32 Å².